The molecule has 10 heteroatoms. The molecule has 0 fully saturated rings. The number of rotatable bonds is 5. The first kappa shape index (κ1) is 19.6. The number of benzene rings is 2. The lowest BCUT2D eigenvalue weighted by Gasteiger charge is -2.14. The van der Waals surface area contributed by atoms with E-state index in [0.29, 0.717) is 0 Å². The predicted molar refractivity (Wildman–Crippen MR) is 92.1 cm³/mol. The highest BCUT2D eigenvalue weighted by atomic mass is 35.5. The van der Waals surface area contributed by atoms with Gasteiger partial charge in [0.25, 0.3) is 5.76 Å². The van der Waals surface area contributed by atoms with Crippen molar-refractivity contribution in [2.45, 2.75) is 6.18 Å². The largest absolute Gasteiger partial charge is 0.482 e. The molecule has 28 heavy (non-hydrogen) atoms. The number of hydrogen-bond acceptors (Lipinski definition) is 5. The van der Waals surface area contributed by atoms with Gasteiger partial charge in [-0.25, -0.2) is 4.79 Å². The van der Waals surface area contributed by atoms with Crippen LogP contribution in [0.4, 0.5) is 13.2 Å². The number of hydrogen-bond donors (Lipinski definition) is 1. The lowest BCUT2D eigenvalue weighted by molar-refractivity contribution is -0.154. The van der Waals surface area contributed by atoms with Crippen molar-refractivity contribution in [3.05, 3.63) is 63.5 Å². The van der Waals surface area contributed by atoms with Crippen molar-refractivity contribution in [2.75, 3.05) is 6.61 Å². The van der Waals surface area contributed by atoms with Crippen molar-refractivity contribution >= 4 is 28.5 Å². The molecule has 2 aromatic carbocycles. The van der Waals surface area contributed by atoms with Gasteiger partial charge >= 0.3 is 12.1 Å². The monoisotopic (exact) mass is 414 g/mol. The van der Waals surface area contributed by atoms with Crippen molar-refractivity contribution in [3.63, 3.8) is 0 Å². The molecule has 0 saturated carbocycles. The number of halogens is 4. The average molecular weight is 415 g/mol. The standard InChI is InChI=1S/C18H10ClF3O6/c19-11-3-1-2-4-12(11)27-16-15(25)10-6-5-9(26-8-14(23)24)7-13(10)28-17(16)18(20,21)22/h1-7H,8H2,(H,23,24). The minimum absolute atomic E-state index is 0.00698. The van der Waals surface area contributed by atoms with Crippen molar-refractivity contribution in [2.24, 2.45) is 0 Å². The zero-order valence-corrected chi connectivity index (χ0v) is 14.5. The van der Waals surface area contributed by atoms with Gasteiger partial charge in [0, 0.05) is 6.07 Å². The van der Waals surface area contributed by atoms with E-state index >= 15 is 0 Å². The summed E-state index contributed by atoms with van der Waals surface area (Å²) < 4.78 is 55.3. The zero-order chi connectivity index (χ0) is 20.5. The summed E-state index contributed by atoms with van der Waals surface area (Å²) in [5, 5.41) is 8.40. The predicted octanol–water partition coefficient (Wildman–Crippen LogP) is 4.72. The molecule has 0 spiro atoms. The van der Waals surface area contributed by atoms with Crippen LogP contribution in [0.1, 0.15) is 5.76 Å². The molecule has 3 rings (SSSR count). The molecular formula is C18H10ClF3O6. The number of ether oxygens (including phenoxy) is 2. The van der Waals surface area contributed by atoms with E-state index in [-0.39, 0.29) is 21.9 Å². The number of carboxylic acid groups (broad SMARTS) is 1. The van der Waals surface area contributed by atoms with Gasteiger partial charge in [-0.1, -0.05) is 23.7 Å². The minimum Gasteiger partial charge on any atom is -0.482 e. The molecule has 1 heterocycles. The van der Waals surface area contributed by atoms with E-state index in [4.69, 9.17) is 30.6 Å². The van der Waals surface area contributed by atoms with E-state index in [0.717, 1.165) is 12.1 Å². The first-order valence-corrected chi connectivity index (χ1v) is 7.99. The molecule has 0 bridgehead atoms. The SMILES string of the molecule is O=C(O)COc1ccc2c(=O)c(Oc3ccccc3Cl)c(C(F)(F)F)oc2c1. The van der Waals surface area contributed by atoms with Crippen LogP contribution >= 0.6 is 11.6 Å². The van der Waals surface area contributed by atoms with Crippen molar-refractivity contribution in [3.8, 4) is 17.2 Å². The van der Waals surface area contributed by atoms with Crippen molar-refractivity contribution in [1.29, 1.82) is 0 Å². The normalized spacial score (nSPS) is 11.4. The second-order valence-corrected chi connectivity index (χ2v) is 5.87. The molecule has 146 valence electrons. The summed E-state index contributed by atoms with van der Waals surface area (Å²) in [4.78, 5) is 23.2. The second kappa shape index (κ2) is 7.43. The van der Waals surface area contributed by atoms with Gasteiger partial charge in [-0.05, 0) is 24.3 Å². The number of alkyl halides is 3. The average Bonchev–Trinajstić information content (AvgIpc) is 2.62. The van der Waals surface area contributed by atoms with Crippen LogP contribution in [0.5, 0.6) is 17.2 Å². The van der Waals surface area contributed by atoms with E-state index in [1.807, 2.05) is 0 Å². The number of fused-ring (bicyclic) bond motifs is 1. The Morgan fingerprint density at radius 3 is 2.54 bits per heavy atom. The van der Waals surface area contributed by atoms with Crippen LogP contribution in [0.15, 0.2) is 51.7 Å². The number of carbonyl (C=O) groups is 1. The van der Waals surface area contributed by atoms with E-state index < -0.39 is 41.3 Å². The van der Waals surface area contributed by atoms with Crippen LogP contribution in [-0.2, 0) is 11.0 Å². The topological polar surface area (TPSA) is 86.0 Å². The summed E-state index contributed by atoms with van der Waals surface area (Å²) in [6, 6.07) is 9.08. The Bertz CT molecular complexity index is 1110. The van der Waals surface area contributed by atoms with Gasteiger partial charge in [0.15, 0.2) is 6.61 Å². The van der Waals surface area contributed by atoms with Crippen LogP contribution in [0.25, 0.3) is 11.0 Å². The van der Waals surface area contributed by atoms with Gasteiger partial charge in [0.2, 0.25) is 11.2 Å². The molecule has 1 aromatic heterocycles. The molecule has 0 atom stereocenters. The summed E-state index contributed by atoms with van der Waals surface area (Å²) >= 11 is 5.89. The van der Waals surface area contributed by atoms with Crippen molar-refractivity contribution < 1.29 is 37.0 Å². The van der Waals surface area contributed by atoms with Crippen LogP contribution < -0.4 is 14.9 Å². The fraction of sp³-hybridized carbons (Fsp3) is 0.111. The summed E-state index contributed by atoms with van der Waals surface area (Å²) in [5.41, 5.74) is -1.51. The Morgan fingerprint density at radius 2 is 1.89 bits per heavy atom. The van der Waals surface area contributed by atoms with E-state index in [9.17, 15) is 22.8 Å². The summed E-state index contributed by atoms with van der Waals surface area (Å²) in [6.45, 7) is -0.713. The zero-order valence-electron chi connectivity index (χ0n) is 13.7. The fourth-order valence-corrected chi connectivity index (χ4v) is 2.48. The molecule has 0 aliphatic heterocycles. The van der Waals surface area contributed by atoms with Gasteiger partial charge < -0.3 is 19.0 Å². The molecule has 1 N–H and O–H groups in total. The highest BCUT2D eigenvalue weighted by molar-refractivity contribution is 6.32. The Balaban J connectivity index is 2.16. The van der Waals surface area contributed by atoms with Gasteiger partial charge in [-0.2, -0.15) is 13.2 Å². The third kappa shape index (κ3) is 4.04. The highest BCUT2D eigenvalue weighted by Crippen LogP contribution is 2.39. The first-order chi connectivity index (χ1) is 13.2. The smallest absolute Gasteiger partial charge is 0.453 e. The Kier molecular flexibility index (Phi) is 5.19. The summed E-state index contributed by atoms with van der Waals surface area (Å²) in [7, 11) is 0. The Morgan fingerprint density at radius 1 is 1.18 bits per heavy atom. The maximum absolute atomic E-state index is 13.5. The maximum Gasteiger partial charge on any atom is 0.453 e. The molecule has 0 aliphatic rings. The van der Waals surface area contributed by atoms with Crippen molar-refractivity contribution in [1.82, 2.24) is 0 Å². The molecule has 0 amide bonds. The molecule has 6 nitrogen and oxygen atoms in total. The van der Waals surface area contributed by atoms with E-state index in [1.165, 1.54) is 24.3 Å². The third-order valence-corrected chi connectivity index (χ3v) is 3.80. The molecule has 0 saturated heterocycles. The lowest BCUT2D eigenvalue weighted by Crippen LogP contribution is -2.15. The first-order valence-electron chi connectivity index (χ1n) is 7.62. The Labute approximate surface area is 159 Å². The highest BCUT2D eigenvalue weighted by Gasteiger charge is 2.40. The van der Waals surface area contributed by atoms with Gasteiger partial charge in [0.1, 0.15) is 17.1 Å². The molecule has 0 aliphatic carbocycles. The van der Waals surface area contributed by atoms with Gasteiger partial charge in [-0.15, -0.1) is 0 Å². The lowest BCUT2D eigenvalue weighted by atomic mass is 10.2. The summed E-state index contributed by atoms with van der Waals surface area (Å²) in [5.74, 6) is -4.22. The minimum atomic E-state index is -5.04. The molecule has 0 unspecified atom stereocenters. The molecular weight excluding hydrogens is 405 g/mol. The van der Waals surface area contributed by atoms with Gasteiger partial charge in [0.05, 0.1) is 10.4 Å². The quantitative estimate of drug-likeness (QED) is 0.650. The van der Waals surface area contributed by atoms with Crippen LogP contribution in [0.3, 0.4) is 0 Å². The van der Waals surface area contributed by atoms with E-state index in [2.05, 4.69) is 0 Å². The fourth-order valence-electron chi connectivity index (χ4n) is 2.31. The van der Waals surface area contributed by atoms with Gasteiger partial charge in [-0.3, -0.25) is 4.79 Å². The van der Waals surface area contributed by atoms with Crippen LogP contribution in [0, 0.1) is 0 Å². The van der Waals surface area contributed by atoms with Crippen LogP contribution in [0.2, 0.25) is 5.02 Å². The van der Waals surface area contributed by atoms with E-state index in [1.54, 1.807) is 6.07 Å². The number of carboxylic acids is 1. The Hall–Kier alpha value is -3.20. The second-order valence-electron chi connectivity index (χ2n) is 5.46. The maximum atomic E-state index is 13.5. The molecule has 3 aromatic rings. The summed E-state index contributed by atoms with van der Waals surface area (Å²) in [6.07, 6.45) is -5.04. The molecule has 0 radical (unpaired) electrons. The van der Waals surface area contributed by atoms with Crippen LogP contribution in [-0.4, -0.2) is 17.7 Å². The number of para-hydroxylation sites is 1. The third-order valence-electron chi connectivity index (χ3n) is 3.49. The number of aliphatic carboxylic acids is 1.